The number of hydrogen-bond acceptors (Lipinski definition) is 8. The predicted molar refractivity (Wildman–Crippen MR) is 101 cm³/mol. The molecule has 142 valence electrons. The smallest absolute Gasteiger partial charge is 0.339 e. The summed E-state index contributed by atoms with van der Waals surface area (Å²) in [5, 5.41) is 7.45. The molecule has 0 spiro atoms. The lowest BCUT2D eigenvalue weighted by Crippen LogP contribution is -2.37. The summed E-state index contributed by atoms with van der Waals surface area (Å²) in [7, 11) is 2.94. The van der Waals surface area contributed by atoms with E-state index in [2.05, 4.69) is 15.5 Å². The average Bonchev–Trinajstić information content (AvgIpc) is 3.11. The maximum atomic E-state index is 12.6. The first-order chi connectivity index (χ1) is 12.5. The van der Waals surface area contributed by atoms with E-state index >= 15 is 0 Å². The summed E-state index contributed by atoms with van der Waals surface area (Å²) in [5.74, 6) is 1.08. The SMILES string of the molecule is CCCC(NC(=O)C1CSC(/C(C)=N/OC)=N1)c1cc(OC)cc(=O)o1. The maximum absolute atomic E-state index is 12.6. The van der Waals surface area contributed by atoms with Crippen molar-refractivity contribution in [1.82, 2.24) is 5.32 Å². The van der Waals surface area contributed by atoms with E-state index in [0.717, 1.165) is 6.42 Å². The number of thioether (sulfide) groups is 1. The van der Waals surface area contributed by atoms with Crippen molar-refractivity contribution in [2.45, 2.75) is 38.8 Å². The van der Waals surface area contributed by atoms with Gasteiger partial charge in [-0.1, -0.05) is 18.5 Å². The van der Waals surface area contributed by atoms with Crippen LogP contribution in [0.15, 0.2) is 31.5 Å². The summed E-state index contributed by atoms with van der Waals surface area (Å²) < 4.78 is 10.4. The highest BCUT2D eigenvalue weighted by Crippen LogP contribution is 2.24. The summed E-state index contributed by atoms with van der Waals surface area (Å²) in [6, 6.07) is 1.94. The van der Waals surface area contributed by atoms with Crippen LogP contribution in [0.4, 0.5) is 0 Å². The molecule has 1 aliphatic rings. The average molecular weight is 381 g/mol. The summed E-state index contributed by atoms with van der Waals surface area (Å²) in [5.41, 5.74) is 0.120. The van der Waals surface area contributed by atoms with Gasteiger partial charge in [-0.2, -0.15) is 0 Å². The van der Waals surface area contributed by atoms with E-state index in [9.17, 15) is 9.59 Å². The minimum absolute atomic E-state index is 0.221. The summed E-state index contributed by atoms with van der Waals surface area (Å²) in [6.45, 7) is 3.77. The zero-order chi connectivity index (χ0) is 19.1. The minimum atomic E-state index is -0.520. The summed E-state index contributed by atoms with van der Waals surface area (Å²) >= 11 is 1.46. The van der Waals surface area contributed by atoms with Gasteiger partial charge in [0.25, 0.3) is 0 Å². The Kier molecular flexibility index (Phi) is 7.26. The van der Waals surface area contributed by atoms with Gasteiger partial charge in [0, 0.05) is 11.8 Å². The van der Waals surface area contributed by atoms with Crippen LogP contribution < -0.4 is 15.7 Å². The van der Waals surface area contributed by atoms with Gasteiger partial charge in [-0.3, -0.25) is 9.79 Å². The second-order valence-electron chi connectivity index (χ2n) is 5.69. The van der Waals surface area contributed by atoms with Crippen LogP contribution in [-0.4, -0.2) is 42.7 Å². The molecule has 1 aromatic rings. The van der Waals surface area contributed by atoms with Crippen molar-refractivity contribution in [3.05, 3.63) is 28.3 Å². The highest BCUT2D eigenvalue weighted by molar-refractivity contribution is 8.16. The first kappa shape index (κ1) is 20.0. The minimum Gasteiger partial charge on any atom is -0.496 e. The predicted octanol–water partition coefficient (Wildman–Crippen LogP) is 2.14. The third-order valence-corrected chi connectivity index (χ3v) is 4.88. The molecule has 0 saturated carbocycles. The molecule has 1 aromatic heterocycles. The van der Waals surface area contributed by atoms with Crippen molar-refractivity contribution in [2.75, 3.05) is 20.0 Å². The van der Waals surface area contributed by atoms with Gasteiger partial charge in [0.05, 0.1) is 19.2 Å². The first-order valence-corrected chi connectivity index (χ1v) is 9.25. The Morgan fingerprint density at radius 2 is 2.27 bits per heavy atom. The number of methoxy groups -OCH3 is 1. The second-order valence-corrected chi connectivity index (χ2v) is 6.70. The van der Waals surface area contributed by atoms with E-state index in [1.54, 1.807) is 13.0 Å². The Labute approximate surface area is 156 Å². The van der Waals surface area contributed by atoms with E-state index in [0.29, 0.717) is 34.4 Å². The van der Waals surface area contributed by atoms with Gasteiger partial charge in [0.2, 0.25) is 5.91 Å². The Hall–Kier alpha value is -2.29. The van der Waals surface area contributed by atoms with Crippen molar-refractivity contribution >= 4 is 28.4 Å². The van der Waals surface area contributed by atoms with Gasteiger partial charge in [0.1, 0.15) is 35.4 Å². The fraction of sp³-hybridized carbons (Fsp3) is 0.529. The van der Waals surface area contributed by atoms with E-state index in [1.807, 2.05) is 6.92 Å². The van der Waals surface area contributed by atoms with Crippen LogP contribution in [0.1, 0.15) is 38.5 Å². The molecule has 26 heavy (non-hydrogen) atoms. The fourth-order valence-corrected chi connectivity index (χ4v) is 3.48. The molecule has 0 saturated heterocycles. The van der Waals surface area contributed by atoms with Crippen LogP contribution in [0.3, 0.4) is 0 Å². The van der Waals surface area contributed by atoms with Crippen molar-refractivity contribution in [1.29, 1.82) is 0 Å². The lowest BCUT2D eigenvalue weighted by molar-refractivity contribution is -0.122. The molecular formula is C17H23N3O5S. The second kappa shape index (κ2) is 9.42. The number of carbonyl (C=O) groups is 1. The number of carbonyl (C=O) groups excluding carboxylic acids is 1. The summed E-state index contributed by atoms with van der Waals surface area (Å²) in [6.07, 6.45) is 1.43. The molecule has 2 unspecified atom stereocenters. The molecular weight excluding hydrogens is 358 g/mol. The molecule has 1 aliphatic heterocycles. The van der Waals surface area contributed by atoms with Crippen LogP contribution in [0.5, 0.6) is 5.75 Å². The Morgan fingerprint density at radius 3 is 2.92 bits per heavy atom. The number of hydrogen-bond donors (Lipinski definition) is 1. The molecule has 0 fully saturated rings. The number of rotatable bonds is 8. The number of nitrogens with zero attached hydrogens (tertiary/aromatic N) is 2. The normalized spacial score (nSPS) is 18.2. The van der Waals surface area contributed by atoms with Gasteiger partial charge in [-0.15, -0.1) is 11.8 Å². The highest BCUT2D eigenvalue weighted by atomic mass is 32.2. The monoisotopic (exact) mass is 381 g/mol. The van der Waals surface area contributed by atoms with Gasteiger partial charge >= 0.3 is 5.63 Å². The zero-order valence-corrected chi connectivity index (χ0v) is 16.1. The quantitative estimate of drug-likeness (QED) is 0.547. The molecule has 0 aromatic carbocycles. The molecule has 1 N–H and O–H groups in total. The van der Waals surface area contributed by atoms with Crippen molar-refractivity contribution in [2.24, 2.45) is 10.1 Å². The van der Waals surface area contributed by atoms with Crippen LogP contribution in [-0.2, 0) is 9.63 Å². The number of oxime groups is 1. The Bertz CT molecular complexity index is 759. The molecule has 0 bridgehead atoms. The van der Waals surface area contributed by atoms with Crippen molar-refractivity contribution in [3.8, 4) is 5.75 Å². The molecule has 2 atom stereocenters. The number of nitrogens with one attached hydrogen (secondary N) is 1. The third kappa shape index (κ3) is 5.10. The maximum Gasteiger partial charge on any atom is 0.339 e. The molecule has 0 radical (unpaired) electrons. The van der Waals surface area contributed by atoms with Gasteiger partial charge in [-0.05, 0) is 13.3 Å². The van der Waals surface area contributed by atoms with Gasteiger partial charge in [0.15, 0.2) is 0 Å². The number of ether oxygens (including phenoxy) is 1. The van der Waals surface area contributed by atoms with Crippen molar-refractivity contribution < 1.29 is 18.8 Å². The van der Waals surface area contributed by atoms with E-state index in [4.69, 9.17) is 14.0 Å². The standard InChI is InChI=1S/C17H23N3O5S/c1-5-6-12(14-7-11(23-3)8-15(21)25-14)18-16(22)13-9-26-17(19-13)10(2)20-24-4/h7-8,12-13H,5-6,9H2,1-4H3,(H,18,22)/b20-10+. The molecule has 9 heteroatoms. The highest BCUT2D eigenvalue weighted by Gasteiger charge is 2.29. The van der Waals surface area contributed by atoms with Crippen LogP contribution >= 0.6 is 11.8 Å². The van der Waals surface area contributed by atoms with Crippen LogP contribution in [0.25, 0.3) is 0 Å². The Morgan fingerprint density at radius 1 is 1.50 bits per heavy atom. The Balaban J connectivity index is 2.15. The molecule has 8 nitrogen and oxygen atoms in total. The number of aliphatic imine (C=N–C) groups is 1. The van der Waals surface area contributed by atoms with Crippen molar-refractivity contribution in [3.63, 3.8) is 0 Å². The molecule has 0 aliphatic carbocycles. The molecule has 2 rings (SSSR count). The zero-order valence-electron chi connectivity index (χ0n) is 15.3. The molecule has 2 heterocycles. The lowest BCUT2D eigenvalue weighted by Gasteiger charge is -2.18. The van der Waals surface area contributed by atoms with E-state index < -0.39 is 17.7 Å². The first-order valence-electron chi connectivity index (χ1n) is 8.26. The van der Waals surface area contributed by atoms with Crippen LogP contribution in [0, 0.1) is 0 Å². The van der Waals surface area contributed by atoms with E-state index in [-0.39, 0.29) is 5.91 Å². The largest absolute Gasteiger partial charge is 0.496 e. The topological polar surface area (TPSA) is 102 Å². The molecule has 1 amide bonds. The van der Waals surface area contributed by atoms with Gasteiger partial charge in [-0.25, -0.2) is 4.79 Å². The fourth-order valence-electron chi connectivity index (χ4n) is 2.49. The lowest BCUT2D eigenvalue weighted by atomic mass is 10.1. The third-order valence-electron chi connectivity index (χ3n) is 3.73. The number of amides is 1. The summed E-state index contributed by atoms with van der Waals surface area (Å²) in [4.78, 5) is 33.4. The van der Waals surface area contributed by atoms with Gasteiger partial charge < -0.3 is 19.3 Å². The van der Waals surface area contributed by atoms with E-state index in [1.165, 1.54) is 32.0 Å². The van der Waals surface area contributed by atoms with Crippen LogP contribution in [0.2, 0.25) is 0 Å².